The average Bonchev–Trinajstić information content (AvgIpc) is 2.25. The lowest BCUT2D eigenvalue weighted by Gasteiger charge is -2.07. The molecule has 0 aliphatic rings. The van der Waals surface area contributed by atoms with Crippen LogP contribution in [0.3, 0.4) is 0 Å². The van der Waals surface area contributed by atoms with E-state index in [1.54, 1.807) is 0 Å². The maximum absolute atomic E-state index is 12.0. The monoisotopic (exact) mass is 313 g/mol. The number of halogens is 3. The molecule has 1 amide bonds. The Bertz CT molecular complexity index is 547. The highest BCUT2D eigenvalue weighted by molar-refractivity contribution is 7.95. The van der Waals surface area contributed by atoms with Crippen molar-refractivity contribution in [2.24, 2.45) is 0 Å². The van der Waals surface area contributed by atoms with Crippen LogP contribution in [0.5, 0.6) is 0 Å². The number of carbonyl (C=O) groups excluding carboxylic acids is 1. The zero-order valence-corrected chi connectivity index (χ0v) is 11.2. The smallest absolute Gasteiger partial charge is 0.224 e. The van der Waals surface area contributed by atoms with Crippen LogP contribution in [0.1, 0.15) is 0 Å². The molecule has 0 aliphatic heterocycles. The van der Waals surface area contributed by atoms with Gasteiger partial charge in [0.15, 0.2) is 5.03 Å². The summed E-state index contributed by atoms with van der Waals surface area (Å²) in [5.41, 5.74) is 0. The Morgan fingerprint density at radius 1 is 1.18 bits per heavy atom. The normalized spacial score (nSPS) is 10.8. The minimum Gasteiger partial charge on any atom is -0.317 e. The largest absolute Gasteiger partial charge is 0.317 e. The molecule has 92 valence electrons. The fraction of sp³-hybridized carbons (Fsp3) is 0. The second-order valence-electron chi connectivity index (χ2n) is 2.81. The van der Waals surface area contributed by atoms with Crippen LogP contribution in [0.4, 0.5) is 0 Å². The number of benzene rings is 1. The molecule has 0 aromatic heterocycles. The summed E-state index contributed by atoms with van der Waals surface area (Å²) in [6, 6.07) is 5.35. The summed E-state index contributed by atoms with van der Waals surface area (Å²) in [4.78, 5) is 10.2. The summed E-state index contributed by atoms with van der Waals surface area (Å²) in [5, 5.41) is 1.76. The van der Waals surface area contributed by atoms with Gasteiger partial charge in [-0.3, -0.25) is 4.79 Å². The number of hydrogen-bond donors (Lipinski definition) is 1. The second kappa shape index (κ2) is 5.73. The Balaban J connectivity index is 3.32. The molecule has 0 saturated carbocycles. The van der Waals surface area contributed by atoms with Crippen LogP contribution in [0.2, 0.25) is 5.02 Å². The van der Waals surface area contributed by atoms with Crippen molar-refractivity contribution in [3.63, 3.8) is 0 Å². The summed E-state index contributed by atoms with van der Waals surface area (Å²) in [6.07, 6.45) is 0.174. The van der Waals surface area contributed by atoms with E-state index in [1.807, 2.05) is 5.32 Å². The van der Waals surface area contributed by atoms with Gasteiger partial charge < -0.3 is 5.32 Å². The average molecular weight is 315 g/mol. The summed E-state index contributed by atoms with van der Waals surface area (Å²) >= 11 is 16.4. The van der Waals surface area contributed by atoms with Crippen LogP contribution in [-0.2, 0) is 14.6 Å². The molecule has 0 bridgehead atoms. The maximum Gasteiger partial charge on any atom is 0.224 e. The van der Waals surface area contributed by atoms with Crippen molar-refractivity contribution in [2.45, 2.75) is 4.90 Å². The summed E-state index contributed by atoms with van der Waals surface area (Å²) in [7, 11) is -3.96. The molecule has 0 atom stereocenters. The highest BCUT2D eigenvalue weighted by Gasteiger charge is 2.23. The zero-order valence-electron chi connectivity index (χ0n) is 8.15. The Hall–Kier alpha value is -0.750. The van der Waals surface area contributed by atoms with Crippen molar-refractivity contribution in [3.8, 4) is 0 Å². The van der Waals surface area contributed by atoms with Gasteiger partial charge in [-0.15, -0.1) is 0 Å². The SMILES string of the molecule is O=CNC(=C(Cl)Cl)S(=O)(=O)c1ccc(Cl)cc1. The van der Waals surface area contributed by atoms with Crippen molar-refractivity contribution in [1.82, 2.24) is 5.32 Å². The van der Waals surface area contributed by atoms with Crippen LogP contribution in [0.15, 0.2) is 38.7 Å². The van der Waals surface area contributed by atoms with Gasteiger partial charge >= 0.3 is 0 Å². The molecule has 17 heavy (non-hydrogen) atoms. The molecule has 0 spiro atoms. The summed E-state index contributed by atoms with van der Waals surface area (Å²) in [6.45, 7) is 0. The van der Waals surface area contributed by atoms with Crippen molar-refractivity contribution in [1.29, 1.82) is 0 Å². The Labute approximate surface area is 113 Å². The Kier molecular flexibility index (Phi) is 4.82. The van der Waals surface area contributed by atoms with Crippen molar-refractivity contribution < 1.29 is 13.2 Å². The number of carbonyl (C=O) groups is 1. The Morgan fingerprint density at radius 2 is 1.71 bits per heavy atom. The van der Waals surface area contributed by atoms with Gasteiger partial charge in [0, 0.05) is 5.02 Å². The molecule has 0 radical (unpaired) electrons. The van der Waals surface area contributed by atoms with Crippen molar-refractivity contribution in [2.75, 3.05) is 0 Å². The van der Waals surface area contributed by atoms with Crippen molar-refractivity contribution >= 4 is 51.1 Å². The molecule has 0 fully saturated rings. The first-order chi connectivity index (χ1) is 7.89. The predicted molar refractivity (Wildman–Crippen MR) is 66.6 cm³/mol. The van der Waals surface area contributed by atoms with E-state index in [-0.39, 0.29) is 11.3 Å². The van der Waals surface area contributed by atoms with Gasteiger partial charge in [-0.1, -0.05) is 34.8 Å². The number of amides is 1. The number of rotatable bonds is 4. The van der Waals surface area contributed by atoms with Crippen LogP contribution in [0, 0.1) is 0 Å². The van der Waals surface area contributed by atoms with E-state index in [4.69, 9.17) is 34.8 Å². The minimum absolute atomic E-state index is 0.0787. The fourth-order valence-corrected chi connectivity index (χ4v) is 3.00. The highest BCUT2D eigenvalue weighted by atomic mass is 35.5. The van der Waals surface area contributed by atoms with E-state index in [0.29, 0.717) is 5.02 Å². The summed E-state index contributed by atoms with van der Waals surface area (Å²) in [5.74, 6) is 0. The van der Waals surface area contributed by atoms with Gasteiger partial charge in [0.05, 0.1) is 4.90 Å². The van der Waals surface area contributed by atoms with Gasteiger partial charge in [-0.2, -0.15) is 0 Å². The van der Waals surface area contributed by atoms with E-state index in [9.17, 15) is 13.2 Å². The maximum atomic E-state index is 12.0. The molecule has 8 heteroatoms. The van der Waals surface area contributed by atoms with E-state index >= 15 is 0 Å². The molecule has 0 heterocycles. The summed E-state index contributed by atoms with van der Waals surface area (Å²) < 4.78 is 23.4. The first kappa shape index (κ1) is 14.3. The van der Waals surface area contributed by atoms with Gasteiger partial charge in [0.1, 0.15) is 4.49 Å². The van der Waals surface area contributed by atoms with Gasteiger partial charge in [-0.05, 0) is 24.3 Å². The molecule has 0 unspecified atom stereocenters. The topological polar surface area (TPSA) is 63.2 Å². The highest BCUT2D eigenvalue weighted by Crippen LogP contribution is 2.24. The quantitative estimate of drug-likeness (QED) is 0.868. The third-order valence-corrected chi connectivity index (χ3v) is 4.36. The number of nitrogens with one attached hydrogen (secondary N) is 1. The number of hydrogen-bond acceptors (Lipinski definition) is 3. The molecule has 1 aromatic rings. The van der Waals surface area contributed by atoms with E-state index in [2.05, 4.69) is 0 Å². The Morgan fingerprint density at radius 3 is 2.12 bits per heavy atom. The fourth-order valence-electron chi connectivity index (χ4n) is 1.02. The minimum atomic E-state index is -3.96. The molecular formula is C9H6Cl3NO3S. The molecule has 1 aromatic carbocycles. The third kappa shape index (κ3) is 3.35. The molecule has 0 saturated heterocycles. The number of sulfone groups is 1. The van der Waals surface area contributed by atoms with E-state index in [0.717, 1.165) is 0 Å². The standard InChI is InChI=1S/C9H6Cl3NO3S/c10-6-1-3-7(4-2-6)17(15,16)9(8(11)12)13-5-14/h1-5H,(H,13,14). The van der Waals surface area contributed by atoms with Crippen LogP contribution in [-0.4, -0.2) is 14.8 Å². The molecule has 0 aliphatic carbocycles. The lowest BCUT2D eigenvalue weighted by molar-refractivity contribution is -0.108. The van der Waals surface area contributed by atoms with Gasteiger partial charge in [0.2, 0.25) is 16.2 Å². The van der Waals surface area contributed by atoms with Gasteiger partial charge in [-0.25, -0.2) is 8.42 Å². The van der Waals surface area contributed by atoms with Crippen LogP contribution >= 0.6 is 34.8 Å². The van der Waals surface area contributed by atoms with Crippen molar-refractivity contribution in [3.05, 3.63) is 38.8 Å². The van der Waals surface area contributed by atoms with E-state index in [1.165, 1.54) is 24.3 Å². The zero-order chi connectivity index (χ0) is 13.1. The van der Waals surface area contributed by atoms with Crippen LogP contribution in [0.25, 0.3) is 0 Å². The predicted octanol–water partition coefficient (Wildman–Crippen LogP) is 2.46. The first-order valence-corrected chi connectivity index (χ1v) is 6.77. The van der Waals surface area contributed by atoms with E-state index < -0.39 is 19.4 Å². The second-order valence-corrected chi connectivity index (χ2v) is 6.08. The molecular weight excluding hydrogens is 309 g/mol. The molecule has 1 N–H and O–H groups in total. The van der Waals surface area contributed by atoms with Crippen LogP contribution < -0.4 is 5.32 Å². The molecule has 4 nitrogen and oxygen atoms in total. The van der Waals surface area contributed by atoms with Gasteiger partial charge in [0.25, 0.3) is 0 Å². The lowest BCUT2D eigenvalue weighted by atomic mass is 10.4. The molecule has 1 rings (SSSR count). The first-order valence-electron chi connectivity index (χ1n) is 4.15. The third-order valence-electron chi connectivity index (χ3n) is 1.75. The lowest BCUT2D eigenvalue weighted by Crippen LogP contribution is -2.20.